The number of nitrogens with zero attached hydrogens (tertiary/aromatic N) is 3. The Bertz CT molecular complexity index is 667. The largest absolute Gasteiger partial charge is 0.382 e. The lowest BCUT2D eigenvalue weighted by Gasteiger charge is -2.33. The van der Waals surface area contributed by atoms with Crippen LogP contribution < -0.4 is 4.90 Å². The number of methoxy groups -OCH3 is 1. The lowest BCUT2D eigenvalue weighted by Crippen LogP contribution is -2.35. The monoisotopic (exact) mass is 377 g/mol. The van der Waals surface area contributed by atoms with Gasteiger partial charge >= 0.3 is 0 Å². The minimum Gasteiger partial charge on any atom is -0.382 e. The Morgan fingerprint density at radius 3 is 2.81 bits per heavy atom. The molecular formula is C20H28ClN3O2. The molecule has 0 atom stereocenters. The molecule has 0 spiro atoms. The second-order valence-corrected chi connectivity index (χ2v) is 7.33. The van der Waals surface area contributed by atoms with E-state index in [1.54, 1.807) is 13.3 Å². The number of dihydropyridines is 1. The first-order valence-electron chi connectivity index (χ1n) is 9.38. The number of anilines is 1. The second kappa shape index (κ2) is 9.49. The summed E-state index contributed by atoms with van der Waals surface area (Å²) in [6.07, 6.45) is 7.23. The molecule has 0 bridgehead atoms. The van der Waals surface area contributed by atoms with Crippen LogP contribution in [0.25, 0.3) is 0 Å². The van der Waals surface area contributed by atoms with Crippen molar-refractivity contribution in [1.82, 2.24) is 4.98 Å². The predicted molar refractivity (Wildman–Crippen MR) is 107 cm³/mol. The van der Waals surface area contributed by atoms with Crippen molar-refractivity contribution in [3.05, 3.63) is 34.5 Å². The molecule has 0 N–H and O–H groups in total. The van der Waals surface area contributed by atoms with Gasteiger partial charge in [0.15, 0.2) is 0 Å². The molecule has 0 aromatic carbocycles. The quantitative estimate of drug-likeness (QED) is 0.679. The summed E-state index contributed by atoms with van der Waals surface area (Å²) in [4.78, 5) is 11.6. The maximum atomic E-state index is 6.42. The van der Waals surface area contributed by atoms with E-state index in [9.17, 15) is 0 Å². The molecule has 2 aliphatic rings. The number of allylic oxidation sites excluding steroid dienone is 1. The summed E-state index contributed by atoms with van der Waals surface area (Å²) in [6.45, 7) is 7.07. The zero-order valence-electron chi connectivity index (χ0n) is 15.7. The molecule has 3 rings (SSSR count). The number of hydrogen-bond donors (Lipinski definition) is 0. The number of ether oxygens (including phenoxy) is 2. The summed E-state index contributed by atoms with van der Waals surface area (Å²) in [5.74, 6) is 1.60. The van der Waals surface area contributed by atoms with Crippen LogP contribution in [0, 0.1) is 5.92 Å². The van der Waals surface area contributed by atoms with Crippen molar-refractivity contribution in [3.8, 4) is 0 Å². The molecular weight excluding hydrogens is 350 g/mol. The lowest BCUT2D eigenvalue weighted by atomic mass is 9.97. The third-order valence-electron chi connectivity index (χ3n) is 5.04. The van der Waals surface area contributed by atoms with Crippen molar-refractivity contribution in [2.24, 2.45) is 10.9 Å². The van der Waals surface area contributed by atoms with Crippen LogP contribution in [-0.4, -0.2) is 57.3 Å². The van der Waals surface area contributed by atoms with Gasteiger partial charge in [0.2, 0.25) is 0 Å². The molecule has 0 aliphatic carbocycles. The van der Waals surface area contributed by atoms with E-state index in [0.717, 1.165) is 62.6 Å². The number of rotatable bonds is 7. The highest BCUT2D eigenvalue weighted by Crippen LogP contribution is 2.28. The standard InChI is InChI=1S/C20H28ClN3O2/c1-15-4-3-7-22-20(15)17-12-19(23-13-18(17)21)24-8-5-16(6-9-24)14-26-11-10-25-2/h4,12-13,16H,3,5-11,14H2,1-2H3. The molecule has 6 heteroatoms. The topological polar surface area (TPSA) is 47.0 Å². The minimum absolute atomic E-state index is 0.614. The van der Waals surface area contributed by atoms with Crippen LogP contribution in [-0.2, 0) is 9.47 Å². The number of piperidine rings is 1. The molecule has 1 aromatic heterocycles. The summed E-state index contributed by atoms with van der Waals surface area (Å²) in [5.41, 5.74) is 3.20. The van der Waals surface area contributed by atoms with Crippen LogP contribution >= 0.6 is 11.6 Å². The van der Waals surface area contributed by atoms with Gasteiger partial charge in [0, 0.05) is 45.1 Å². The second-order valence-electron chi connectivity index (χ2n) is 6.93. The molecule has 0 radical (unpaired) electrons. The Morgan fingerprint density at radius 1 is 1.27 bits per heavy atom. The van der Waals surface area contributed by atoms with Gasteiger partial charge in [0.1, 0.15) is 5.82 Å². The highest BCUT2D eigenvalue weighted by atomic mass is 35.5. The number of hydrogen-bond acceptors (Lipinski definition) is 5. The number of halogens is 1. The van der Waals surface area contributed by atoms with Gasteiger partial charge in [0.25, 0.3) is 0 Å². The van der Waals surface area contributed by atoms with E-state index in [4.69, 9.17) is 21.1 Å². The summed E-state index contributed by atoms with van der Waals surface area (Å²) >= 11 is 6.42. The lowest BCUT2D eigenvalue weighted by molar-refractivity contribution is 0.0465. The first-order valence-corrected chi connectivity index (χ1v) is 9.76. The fourth-order valence-corrected chi connectivity index (χ4v) is 3.67. The summed E-state index contributed by atoms with van der Waals surface area (Å²) < 4.78 is 10.7. The van der Waals surface area contributed by atoms with Crippen LogP contribution in [0.3, 0.4) is 0 Å². The first-order chi connectivity index (χ1) is 12.7. The Balaban J connectivity index is 1.62. The molecule has 142 valence electrons. The van der Waals surface area contributed by atoms with Gasteiger partial charge < -0.3 is 14.4 Å². The average molecular weight is 378 g/mol. The maximum Gasteiger partial charge on any atom is 0.129 e. The van der Waals surface area contributed by atoms with Crippen LogP contribution in [0.2, 0.25) is 5.02 Å². The fraction of sp³-hybridized carbons (Fsp3) is 0.600. The van der Waals surface area contributed by atoms with Gasteiger partial charge in [-0.05, 0) is 43.7 Å². The van der Waals surface area contributed by atoms with Crippen molar-refractivity contribution in [2.75, 3.05) is 51.5 Å². The van der Waals surface area contributed by atoms with Crippen LogP contribution in [0.15, 0.2) is 28.9 Å². The molecule has 1 aromatic rings. The highest BCUT2D eigenvalue weighted by molar-refractivity contribution is 6.35. The van der Waals surface area contributed by atoms with E-state index in [1.807, 2.05) is 0 Å². The van der Waals surface area contributed by atoms with Crippen molar-refractivity contribution in [2.45, 2.75) is 26.2 Å². The Labute approximate surface area is 161 Å². The van der Waals surface area contributed by atoms with Crippen LogP contribution in [0.5, 0.6) is 0 Å². The Kier molecular flexibility index (Phi) is 7.06. The molecule has 2 aliphatic heterocycles. The SMILES string of the molecule is COCCOCC1CCN(c2cc(C3=NCCC=C3C)c(Cl)cn2)CC1. The van der Waals surface area contributed by atoms with E-state index in [-0.39, 0.29) is 0 Å². The third kappa shape index (κ3) is 4.84. The predicted octanol–water partition coefficient (Wildman–Crippen LogP) is 3.75. The molecule has 0 unspecified atom stereocenters. The third-order valence-corrected chi connectivity index (χ3v) is 5.34. The minimum atomic E-state index is 0.614. The van der Waals surface area contributed by atoms with E-state index in [1.165, 1.54) is 5.57 Å². The van der Waals surface area contributed by atoms with Gasteiger partial charge in [-0.2, -0.15) is 0 Å². The van der Waals surface area contributed by atoms with Crippen LogP contribution in [0.1, 0.15) is 31.7 Å². The number of pyridine rings is 1. The zero-order chi connectivity index (χ0) is 18.4. The van der Waals surface area contributed by atoms with E-state index in [2.05, 4.69) is 33.9 Å². The molecule has 3 heterocycles. The van der Waals surface area contributed by atoms with Crippen molar-refractivity contribution >= 4 is 23.1 Å². The van der Waals surface area contributed by atoms with Crippen molar-refractivity contribution in [1.29, 1.82) is 0 Å². The smallest absolute Gasteiger partial charge is 0.129 e. The van der Waals surface area contributed by atoms with E-state index < -0.39 is 0 Å². The highest BCUT2D eigenvalue weighted by Gasteiger charge is 2.22. The van der Waals surface area contributed by atoms with Gasteiger partial charge in [-0.25, -0.2) is 4.98 Å². The molecule has 1 fully saturated rings. The van der Waals surface area contributed by atoms with Gasteiger partial charge in [-0.1, -0.05) is 17.7 Å². The Hall–Kier alpha value is -1.43. The Morgan fingerprint density at radius 2 is 2.08 bits per heavy atom. The maximum absolute atomic E-state index is 6.42. The fourth-order valence-electron chi connectivity index (χ4n) is 3.48. The van der Waals surface area contributed by atoms with Gasteiger partial charge in [0.05, 0.1) is 23.9 Å². The molecule has 0 amide bonds. The number of aliphatic imine (C=N–C) groups is 1. The summed E-state index contributed by atoms with van der Waals surface area (Å²) in [5, 5.41) is 0.670. The molecule has 5 nitrogen and oxygen atoms in total. The molecule has 1 saturated heterocycles. The van der Waals surface area contributed by atoms with Crippen LogP contribution in [0.4, 0.5) is 5.82 Å². The zero-order valence-corrected chi connectivity index (χ0v) is 16.5. The summed E-state index contributed by atoms with van der Waals surface area (Å²) in [7, 11) is 1.70. The molecule has 0 saturated carbocycles. The molecule has 26 heavy (non-hydrogen) atoms. The van der Waals surface area contributed by atoms with Gasteiger partial charge in [-0.3, -0.25) is 4.99 Å². The summed E-state index contributed by atoms with van der Waals surface area (Å²) in [6, 6.07) is 2.10. The van der Waals surface area contributed by atoms with Crippen molar-refractivity contribution in [3.63, 3.8) is 0 Å². The average Bonchev–Trinajstić information content (AvgIpc) is 2.67. The van der Waals surface area contributed by atoms with Gasteiger partial charge in [-0.15, -0.1) is 0 Å². The first kappa shape index (κ1) is 19.3. The van der Waals surface area contributed by atoms with E-state index >= 15 is 0 Å². The van der Waals surface area contributed by atoms with Crippen molar-refractivity contribution < 1.29 is 9.47 Å². The van der Waals surface area contributed by atoms with E-state index in [0.29, 0.717) is 24.2 Å². The number of aromatic nitrogens is 1. The normalized spacial score (nSPS) is 18.7.